The molecule has 2 atom stereocenters. The Labute approximate surface area is 177 Å². The van der Waals surface area contributed by atoms with Crippen LogP contribution in [-0.2, 0) is 22.4 Å². The zero-order chi connectivity index (χ0) is 21.2. The van der Waals surface area contributed by atoms with Crippen molar-refractivity contribution in [1.82, 2.24) is 0 Å². The lowest BCUT2D eigenvalue weighted by atomic mass is 9.72. The monoisotopic (exact) mass is 413 g/mol. The summed E-state index contributed by atoms with van der Waals surface area (Å²) < 4.78 is 5.06. The number of hydrogen-bond acceptors (Lipinski definition) is 4. The zero-order valence-corrected chi connectivity index (χ0v) is 18.8. The molecule has 29 heavy (non-hydrogen) atoms. The summed E-state index contributed by atoms with van der Waals surface area (Å²) in [5.74, 6) is -0.117. The molecule has 1 aromatic carbocycles. The van der Waals surface area contributed by atoms with E-state index < -0.39 is 0 Å². The Morgan fingerprint density at radius 2 is 1.93 bits per heavy atom. The number of carbonyl (C=O) groups excluding carboxylic acids is 2. The highest BCUT2D eigenvalue weighted by molar-refractivity contribution is 7.17. The molecule has 5 heteroatoms. The molecule has 0 radical (unpaired) electrons. The van der Waals surface area contributed by atoms with Gasteiger partial charge in [0.05, 0.1) is 18.6 Å². The summed E-state index contributed by atoms with van der Waals surface area (Å²) in [4.78, 5) is 26.9. The summed E-state index contributed by atoms with van der Waals surface area (Å²) in [6.07, 6.45) is 3.54. The molecular weight excluding hydrogens is 382 g/mol. The minimum Gasteiger partial charge on any atom is -0.465 e. The van der Waals surface area contributed by atoms with Crippen molar-refractivity contribution >= 4 is 28.2 Å². The largest absolute Gasteiger partial charge is 0.465 e. The second-order valence-corrected chi connectivity index (χ2v) is 9.97. The van der Waals surface area contributed by atoms with E-state index in [1.54, 1.807) is 11.3 Å². The molecule has 1 heterocycles. The van der Waals surface area contributed by atoms with Crippen LogP contribution in [0.1, 0.15) is 72.8 Å². The lowest BCUT2D eigenvalue weighted by Crippen LogP contribution is -2.26. The Hall–Kier alpha value is -2.14. The standard InChI is InChI=1S/C24H31NO3S/c1-6-17(15-10-8-7-9-11-15)21(26)25-22-20(23(27)28-5)18-13-12-16(24(2,3)4)14-19(18)29-22/h7-11,16-17H,6,12-14H2,1-5H3,(H,25,26). The van der Waals surface area contributed by atoms with Crippen molar-refractivity contribution in [1.29, 1.82) is 0 Å². The van der Waals surface area contributed by atoms with Crippen LogP contribution in [0.25, 0.3) is 0 Å². The third-order valence-electron chi connectivity index (χ3n) is 6.04. The molecule has 156 valence electrons. The first-order chi connectivity index (χ1) is 13.8. The van der Waals surface area contributed by atoms with Gasteiger partial charge in [-0.15, -0.1) is 11.3 Å². The van der Waals surface area contributed by atoms with E-state index in [-0.39, 0.29) is 23.2 Å². The van der Waals surface area contributed by atoms with Gasteiger partial charge in [0.15, 0.2) is 0 Å². The van der Waals surface area contributed by atoms with E-state index in [1.165, 1.54) is 12.0 Å². The maximum Gasteiger partial charge on any atom is 0.341 e. The molecule has 0 spiro atoms. The molecule has 4 nitrogen and oxygen atoms in total. The van der Waals surface area contributed by atoms with Crippen LogP contribution in [0.2, 0.25) is 0 Å². The van der Waals surface area contributed by atoms with Gasteiger partial charge in [0.1, 0.15) is 5.00 Å². The topological polar surface area (TPSA) is 55.4 Å². The number of carbonyl (C=O) groups is 2. The van der Waals surface area contributed by atoms with E-state index in [0.29, 0.717) is 22.9 Å². The Balaban J connectivity index is 1.92. The first-order valence-electron chi connectivity index (χ1n) is 10.3. The third-order valence-corrected chi connectivity index (χ3v) is 7.21. The van der Waals surface area contributed by atoms with Crippen molar-refractivity contribution in [2.45, 2.75) is 59.3 Å². The van der Waals surface area contributed by atoms with Gasteiger partial charge in [-0.3, -0.25) is 4.79 Å². The van der Waals surface area contributed by atoms with Crippen LogP contribution in [0, 0.1) is 11.3 Å². The van der Waals surface area contributed by atoms with E-state index in [1.807, 2.05) is 37.3 Å². The number of amides is 1. The van der Waals surface area contributed by atoms with Crippen LogP contribution < -0.4 is 5.32 Å². The maximum absolute atomic E-state index is 13.1. The molecule has 1 aliphatic carbocycles. The molecule has 2 unspecified atom stereocenters. The summed E-state index contributed by atoms with van der Waals surface area (Å²) in [7, 11) is 1.40. The van der Waals surface area contributed by atoms with Crippen LogP contribution in [0.5, 0.6) is 0 Å². The Morgan fingerprint density at radius 3 is 2.52 bits per heavy atom. The fourth-order valence-electron chi connectivity index (χ4n) is 4.19. The summed E-state index contributed by atoms with van der Waals surface area (Å²) in [5, 5.41) is 3.70. The van der Waals surface area contributed by atoms with Gasteiger partial charge in [0, 0.05) is 4.88 Å². The normalized spacial score (nSPS) is 17.3. The molecule has 0 aliphatic heterocycles. The number of anilines is 1. The van der Waals surface area contributed by atoms with Crippen molar-refractivity contribution in [3.8, 4) is 0 Å². The fraction of sp³-hybridized carbons (Fsp3) is 0.500. The molecule has 1 aromatic heterocycles. The molecule has 1 N–H and O–H groups in total. The first-order valence-corrected chi connectivity index (χ1v) is 11.2. The van der Waals surface area contributed by atoms with Crippen LogP contribution in [-0.4, -0.2) is 19.0 Å². The molecule has 3 rings (SSSR count). The van der Waals surface area contributed by atoms with Crippen LogP contribution in [0.3, 0.4) is 0 Å². The number of esters is 1. The Bertz CT molecular complexity index is 880. The highest BCUT2D eigenvalue weighted by Gasteiger charge is 2.34. The minimum absolute atomic E-state index is 0.0742. The fourth-order valence-corrected chi connectivity index (χ4v) is 5.51. The second-order valence-electron chi connectivity index (χ2n) is 8.87. The molecule has 0 saturated carbocycles. The number of ether oxygens (including phenoxy) is 1. The number of rotatable bonds is 5. The number of methoxy groups -OCH3 is 1. The Morgan fingerprint density at radius 1 is 1.24 bits per heavy atom. The summed E-state index contributed by atoms with van der Waals surface area (Å²) in [5.41, 5.74) is 2.82. The van der Waals surface area contributed by atoms with Crippen molar-refractivity contribution in [3.63, 3.8) is 0 Å². The quantitative estimate of drug-likeness (QED) is 0.629. The second kappa shape index (κ2) is 8.70. The van der Waals surface area contributed by atoms with E-state index in [2.05, 4.69) is 26.1 Å². The van der Waals surface area contributed by atoms with Crippen molar-refractivity contribution in [3.05, 3.63) is 51.9 Å². The number of thiophene rings is 1. The van der Waals surface area contributed by atoms with Crippen LogP contribution in [0.4, 0.5) is 5.00 Å². The van der Waals surface area contributed by atoms with Gasteiger partial charge >= 0.3 is 5.97 Å². The van der Waals surface area contributed by atoms with Crippen molar-refractivity contribution < 1.29 is 14.3 Å². The van der Waals surface area contributed by atoms with Gasteiger partial charge < -0.3 is 10.1 Å². The average molecular weight is 414 g/mol. The number of fused-ring (bicyclic) bond motifs is 1. The molecule has 1 amide bonds. The summed E-state index contributed by atoms with van der Waals surface area (Å²) in [6.45, 7) is 8.81. The van der Waals surface area contributed by atoms with Gasteiger partial charge in [0.2, 0.25) is 5.91 Å². The average Bonchev–Trinajstić information content (AvgIpc) is 3.05. The van der Waals surface area contributed by atoms with E-state index in [4.69, 9.17) is 4.74 Å². The van der Waals surface area contributed by atoms with Gasteiger partial charge in [-0.05, 0) is 48.1 Å². The van der Waals surface area contributed by atoms with Crippen LogP contribution in [0.15, 0.2) is 30.3 Å². The van der Waals surface area contributed by atoms with Crippen molar-refractivity contribution in [2.75, 3.05) is 12.4 Å². The summed E-state index contributed by atoms with van der Waals surface area (Å²) in [6, 6.07) is 9.79. The number of nitrogens with one attached hydrogen (secondary N) is 1. The van der Waals surface area contributed by atoms with Crippen LogP contribution >= 0.6 is 11.3 Å². The van der Waals surface area contributed by atoms with Crippen molar-refractivity contribution in [2.24, 2.45) is 11.3 Å². The first kappa shape index (κ1) is 21.6. The highest BCUT2D eigenvalue weighted by atomic mass is 32.1. The highest BCUT2D eigenvalue weighted by Crippen LogP contribution is 2.44. The van der Waals surface area contributed by atoms with Gasteiger partial charge in [-0.25, -0.2) is 4.79 Å². The zero-order valence-electron chi connectivity index (χ0n) is 18.0. The SMILES string of the molecule is CCC(C(=O)Nc1sc2c(c1C(=O)OC)CCC(C(C)(C)C)C2)c1ccccc1. The minimum atomic E-state index is -0.361. The van der Waals surface area contributed by atoms with Gasteiger partial charge in [0.25, 0.3) is 0 Å². The molecule has 1 aliphatic rings. The van der Waals surface area contributed by atoms with E-state index in [9.17, 15) is 9.59 Å². The number of benzene rings is 1. The molecule has 0 fully saturated rings. The third kappa shape index (κ3) is 4.55. The predicted octanol–water partition coefficient (Wildman–Crippen LogP) is 5.82. The van der Waals surface area contributed by atoms with Gasteiger partial charge in [-0.1, -0.05) is 58.0 Å². The molecular formula is C24H31NO3S. The molecule has 0 bridgehead atoms. The Kier molecular flexibility index (Phi) is 6.47. The maximum atomic E-state index is 13.1. The lowest BCUT2D eigenvalue weighted by molar-refractivity contribution is -0.117. The lowest BCUT2D eigenvalue weighted by Gasteiger charge is -2.33. The molecule has 0 saturated heterocycles. The van der Waals surface area contributed by atoms with E-state index >= 15 is 0 Å². The predicted molar refractivity (Wildman–Crippen MR) is 119 cm³/mol. The van der Waals surface area contributed by atoms with Gasteiger partial charge in [-0.2, -0.15) is 0 Å². The summed E-state index contributed by atoms with van der Waals surface area (Å²) >= 11 is 1.54. The smallest absolute Gasteiger partial charge is 0.341 e. The van der Waals surface area contributed by atoms with E-state index in [0.717, 1.165) is 30.4 Å². The molecule has 2 aromatic rings. The number of hydrogen-bond donors (Lipinski definition) is 1.